The molecule has 1 amide bonds. The molecule has 5 heteroatoms. The first-order valence-corrected chi connectivity index (χ1v) is 6.20. The third kappa shape index (κ3) is 2.46. The van der Waals surface area contributed by atoms with Crippen molar-refractivity contribution >= 4 is 11.9 Å². The van der Waals surface area contributed by atoms with E-state index in [9.17, 15) is 9.59 Å². The lowest BCUT2D eigenvalue weighted by Crippen LogP contribution is -2.35. The molecule has 1 aliphatic heterocycles. The van der Waals surface area contributed by atoms with Gasteiger partial charge in [0.15, 0.2) is 0 Å². The Hall–Kier alpha value is -1.88. The zero-order chi connectivity index (χ0) is 14.0. The molecule has 1 fully saturated rings. The zero-order valence-corrected chi connectivity index (χ0v) is 11.1. The highest BCUT2D eigenvalue weighted by Gasteiger charge is 2.46. The Morgan fingerprint density at radius 1 is 1.32 bits per heavy atom. The zero-order valence-electron chi connectivity index (χ0n) is 11.1. The molecule has 0 bridgehead atoms. The van der Waals surface area contributed by atoms with Gasteiger partial charge in [-0.2, -0.15) is 0 Å². The number of ether oxygens (including phenoxy) is 1. The summed E-state index contributed by atoms with van der Waals surface area (Å²) in [5, 5.41) is 0. The summed E-state index contributed by atoms with van der Waals surface area (Å²) in [6, 6.07) is 9.01. The number of likely N-dealkylation sites (N-methyl/N-ethyl adjacent to an activating group) is 1. The molecule has 3 unspecified atom stereocenters. The van der Waals surface area contributed by atoms with Crippen LogP contribution in [0.5, 0.6) is 0 Å². The molecule has 0 aromatic heterocycles. The highest BCUT2D eigenvalue weighted by molar-refractivity contribution is 5.82. The first kappa shape index (κ1) is 13.5. The third-order valence-corrected chi connectivity index (χ3v) is 3.77. The van der Waals surface area contributed by atoms with Gasteiger partial charge >= 0.3 is 5.97 Å². The molecule has 0 saturated carbocycles. The molecular weight excluding hydrogens is 244 g/mol. The van der Waals surface area contributed by atoms with Gasteiger partial charge in [-0.05, 0) is 19.0 Å². The van der Waals surface area contributed by atoms with E-state index in [1.165, 1.54) is 7.11 Å². The Balaban J connectivity index is 2.34. The lowest BCUT2D eigenvalue weighted by Gasteiger charge is -2.26. The standard InChI is InChI=1S/C14H18N2O3/c1-16-11(14(18)19-2)8-10(13(15)17)12(16)9-6-4-3-5-7-9/h3-7,10-12H,8H2,1-2H3,(H2,15,17). The summed E-state index contributed by atoms with van der Waals surface area (Å²) in [4.78, 5) is 25.3. The molecule has 0 spiro atoms. The number of nitrogens with two attached hydrogens (primary N) is 1. The third-order valence-electron chi connectivity index (χ3n) is 3.77. The first-order valence-electron chi connectivity index (χ1n) is 6.20. The van der Waals surface area contributed by atoms with Crippen molar-refractivity contribution in [1.82, 2.24) is 4.90 Å². The fourth-order valence-electron chi connectivity index (χ4n) is 2.80. The van der Waals surface area contributed by atoms with E-state index in [0.29, 0.717) is 6.42 Å². The summed E-state index contributed by atoms with van der Waals surface area (Å²) in [5.74, 6) is -1.09. The molecule has 1 heterocycles. The van der Waals surface area contributed by atoms with Crippen molar-refractivity contribution in [3.05, 3.63) is 35.9 Å². The van der Waals surface area contributed by atoms with Crippen molar-refractivity contribution < 1.29 is 14.3 Å². The second kappa shape index (κ2) is 5.40. The molecular formula is C14H18N2O3. The minimum Gasteiger partial charge on any atom is -0.468 e. The number of methoxy groups -OCH3 is 1. The largest absolute Gasteiger partial charge is 0.468 e. The number of esters is 1. The van der Waals surface area contributed by atoms with E-state index in [4.69, 9.17) is 10.5 Å². The van der Waals surface area contributed by atoms with Gasteiger partial charge in [0.1, 0.15) is 6.04 Å². The minimum absolute atomic E-state index is 0.178. The van der Waals surface area contributed by atoms with Gasteiger partial charge in [-0.25, -0.2) is 0 Å². The smallest absolute Gasteiger partial charge is 0.323 e. The van der Waals surface area contributed by atoms with Crippen LogP contribution in [0, 0.1) is 5.92 Å². The number of carbonyl (C=O) groups excluding carboxylic acids is 2. The fraction of sp³-hybridized carbons (Fsp3) is 0.429. The fourth-order valence-corrected chi connectivity index (χ4v) is 2.80. The molecule has 102 valence electrons. The number of carbonyl (C=O) groups is 2. The predicted octanol–water partition coefficient (Wildman–Crippen LogP) is 0.706. The van der Waals surface area contributed by atoms with Crippen LogP contribution in [0.4, 0.5) is 0 Å². The molecule has 0 radical (unpaired) electrons. The average Bonchev–Trinajstić information content (AvgIpc) is 2.77. The maximum Gasteiger partial charge on any atom is 0.323 e. The van der Waals surface area contributed by atoms with E-state index in [1.807, 2.05) is 42.3 Å². The number of likely N-dealkylation sites (tertiary alicyclic amines) is 1. The van der Waals surface area contributed by atoms with Crippen LogP contribution in [0.25, 0.3) is 0 Å². The quantitative estimate of drug-likeness (QED) is 0.814. The molecule has 1 aromatic rings. The van der Waals surface area contributed by atoms with Crippen molar-refractivity contribution in [3.8, 4) is 0 Å². The van der Waals surface area contributed by atoms with E-state index in [-0.39, 0.29) is 23.8 Å². The van der Waals surface area contributed by atoms with Crippen LogP contribution >= 0.6 is 0 Å². The van der Waals surface area contributed by atoms with Crippen molar-refractivity contribution in [2.45, 2.75) is 18.5 Å². The van der Waals surface area contributed by atoms with Crippen LogP contribution in [-0.4, -0.2) is 37.0 Å². The molecule has 1 saturated heterocycles. The second-order valence-corrected chi connectivity index (χ2v) is 4.80. The van der Waals surface area contributed by atoms with Crippen LogP contribution in [-0.2, 0) is 14.3 Å². The Morgan fingerprint density at radius 3 is 2.47 bits per heavy atom. The maximum absolute atomic E-state index is 11.8. The van der Waals surface area contributed by atoms with E-state index in [1.54, 1.807) is 0 Å². The summed E-state index contributed by atoms with van der Waals surface area (Å²) < 4.78 is 4.78. The number of rotatable bonds is 3. The van der Waals surface area contributed by atoms with Gasteiger partial charge in [0.05, 0.1) is 13.0 Å². The second-order valence-electron chi connectivity index (χ2n) is 4.80. The highest BCUT2D eigenvalue weighted by Crippen LogP contribution is 2.39. The SMILES string of the molecule is COC(=O)C1CC(C(N)=O)C(c2ccccc2)N1C. The lowest BCUT2D eigenvalue weighted by atomic mass is 9.92. The van der Waals surface area contributed by atoms with Crippen LogP contribution in [0.2, 0.25) is 0 Å². The molecule has 5 nitrogen and oxygen atoms in total. The summed E-state index contributed by atoms with van der Waals surface area (Å²) in [6.07, 6.45) is 0.401. The summed E-state index contributed by atoms with van der Waals surface area (Å²) in [6.45, 7) is 0. The number of hydrogen-bond donors (Lipinski definition) is 1. The monoisotopic (exact) mass is 262 g/mol. The Labute approximate surface area is 112 Å². The molecule has 1 aliphatic rings. The number of benzene rings is 1. The lowest BCUT2D eigenvalue weighted by molar-refractivity contribution is -0.145. The molecule has 1 aromatic carbocycles. The van der Waals surface area contributed by atoms with Crippen molar-refractivity contribution in [3.63, 3.8) is 0 Å². The molecule has 2 N–H and O–H groups in total. The highest BCUT2D eigenvalue weighted by atomic mass is 16.5. The van der Waals surface area contributed by atoms with Gasteiger partial charge < -0.3 is 10.5 Å². The Kier molecular flexibility index (Phi) is 3.85. The summed E-state index contributed by atoms with van der Waals surface area (Å²) >= 11 is 0. The Morgan fingerprint density at radius 2 is 1.95 bits per heavy atom. The van der Waals surface area contributed by atoms with Crippen LogP contribution in [0.1, 0.15) is 18.0 Å². The molecule has 2 rings (SSSR count). The first-order chi connectivity index (χ1) is 9.06. The van der Waals surface area contributed by atoms with Gasteiger partial charge in [0.25, 0.3) is 0 Å². The molecule has 0 aliphatic carbocycles. The summed E-state index contributed by atoms with van der Waals surface area (Å²) in [5.41, 5.74) is 6.46. The maximum atomic E-state index is 11.8. The normalized spacial score (nSPS) is 27.2. The van der Waals surface area contributed by atoms with E-state index in [2.05, 4.69) is 0 Å². The van der Waals surface area contributed by atoms with Gasteiger partial charge in [0.2, 0.25) is 5.91 Å². The van der Waals surface area contributed by atoms with Gasteiger partial charge in [-0.1, -0.05) is 30.3 Å². The predicted molar refractivity (Wildman–Crippen MR) is 70.1 cm³/mol. The van der Waals surface area contributed by atoms with E-state index in [0.717, 1.165) is 5.56 Å². The molecule has 3 atom stereocenters. The van der Waals surface area contributed by atoms with E-state index < -0.39 is 6.04 Å². The van der Waals surface area contributed by atoms with Gasteiger partial charge in [0, 0.05) is 6.04 Å². The Bertz CT molecular complexity index is 475. The average molecular weight is 262 g/mol. The van der Waals surface area contributed by atoms with Crippen molar-refractivity contribution in [1.29, 1.82) is 0 Å². The van der Waals surface area contributed by atoms with Gasteiger partial charge in [-0.15, -0.1) is 0 Å². The van der Waals surface area contributed by atoms with Crippen molar-refractivity contribution in [2.24, 2.45) is 11.7 Å². The van der Waals surface area contributed by atoms with Gasteiger partial charge in [-0.3, -0.25) is 14.5 Å². The van der Waals surface area contributed by atoms with Crippen molar-refractivity contribution in [2.75, 3.05) is 14.2 Å². The van der Waals surface area contributed by atoms with Crippen LogP contribution < -0.4 is 5.73 Å². The minimum atomic E-state index is -0.423. The topological polar surface area (TPSA) is 72.6 Å². The number of hydrogen-bond acceptors (Lipinski definition) is 4. The molecule has 19 heavy (non-hydrogen) atoms. The number of primary amides is 1. The summed E-state index contributed by atoms with van der Waals surface area (Å²) in [7, 11) is 3.17. The van der Waals surface area contributed by atoms with Crippen LogP contribution in [0.15, 0.2) is 30.3 Å². The van der Waals surface area contributed by atoms with Crippen LogP contribution in [0.3, 0.4) is 0 Å². The van der Waals surface area contributed by atoms with E-state index >= 15 is 0 Å². The number of amides is 1. The number of nitrogens with zero attached hydrogens (tertiary/aromatic N) is 1.